The fourth-order valence-corrected chi connectivity index (χ4v) is 3.04. The van der Waals surface area contributed by atoms with E-state index in [0.717, 1.165) is 0 Å². The van der Waals surface area contributed by atoms with Gasteiger partial charge in [-0.1, -0.05) is 29.3 Å². The van der Waals surface area contributed by atoms with E-state index in [9.17, 15) is 19.6 Å². The second-order valence-electron chi connectivity index (χ2n) is 4.99. The summed E-state index contributed by atoms with van der Waals surface area (Å²) in [5.74, 6) is -1.57. The van der Waals surface area contributed by atoms with Gasteiger partial charge in [0.15, 0.2) is 0 Å². The number of carbonyl (C=O) groups is 2. The summed E-state index contributed by atoms with van der Waals surface area (Å²) in [6.45, 7) is 0.174. The van der Waals surface area contributed by atoms with Gasteiger partial charge >= 0.3 is 7.12 Å². The molecule has 1 aromatic rings. The third-order valence-electron chi connectivity index (χ3n) is 3.55. The average Bonchev–Trinajstić information content (AvgIpc) is 2.94. The number of hydrogen-bond acceptors (Lipinski definition) is 4. The molecule has 1 saturated heterocycles. The Morgan fingerprint density at radius 3 is 2.55 bits per heavy atom. The Morgan fingerprint density at radius 1 is 1.32 bits per heavy atom. The van der Waals surface area contributed by atoms with Crippen LogP contribution in [0.1, 0.15) is 23.2 Å². The van der Waals surface area contributed by atoms with Crippen LogP contribution >= 0.6 is 23.2 Å². The fraction of sp³-hybridized carbons (Fsp3) is 0.385. The highest BCUT2D eigenvalue weighted by Gasteiger charge is 2.36. The molecule has 2 rings (SSSR count). The van der Waals surface area contributed by atoms with Crippen molar-refractivity contribution in [2.75, 3.05) is 13.1 Å². The molecule has 22 heavy (non-hydrogen) atoms. The molecule has 118 valence electrons. The third kappa shape index (κ3) is 3.73. The minimum Gasteiger partial charge on any atom is -0.426 e. The number of nitrogens with one attached hydrogen (secondary N) is 1. The first-order valence-electron chi connectivity index (χ1n) is 6.79. The Bertz CT molecular complexity index is 565. The monoisotopic (exact) mass is 344 g/mol. The van der Waals surface area contributed by atoms with Crippen LogP contribution in [0.3, 0.4) is 0 Å². The van der Waals surface area contributed by atoms with Crippen molar-refractivity contribution in [1.29, 1.82) is 0 Å². The number of halogens is 2. The van der Waals surface area contributed by atoms with Crippen LogP contribution in [0.4, 0.5) is 0 Å². The molecule has 0 spiro atoms. The second-order valence-corrected chi connectivity index (χ2v) is 5.80. The van der Waals surface area contributed by atoms with Crippen LogP contribution in [0.2, 0.25) is 10.0 Å². The Hall–Kier alpha value is -1.28. The van der Waals surface area contributed by atoms with E-state index >= 15 is 0 Å². The molecule has 3 N–H and O–H groups in total. The first-order valence-corrected chi connectivity index (χ1v) is 7.55. The SMILES string of the molecule is O=C(NCC(=O)N1CCC[C@H]1B(O)O)c1c(Cl)cccc1Cl. The highest BCUT2D eigenvalue weighted by molar-refractivity contribution is 6.43. The zero-order valence-corrected chi connectivity index (χ0v) is 13.1. The molecule has 0 aromatic heterocycles. The minimum atomic E-state index is -1.58. The number of likely N-dealkylation sites (tertiary alicyclic amines) is 1. The van der Waals surface area contributed by atoms with Crippen molar-refractivity contribution >= 4 is 42.1 Å². The molecular weight excluding hydrogens is 330 g/mol. The third-order valence-corrected chi connectivity index (χ3v) is 4.18. The van der Waals surface area contributed by atoms with Gasteiger partial charge < -0.3 is 20.3 Å². The molecule has 1 fully saturated rings. The summed E-state index contributed by atoms with van der Waals surface area (Å²) in [7, 11) is -1.58. The predicted molar refractivity (Wildman–Crippen MR) is 83.7 cm³/mol. The van der Waals surface area contributed by atoms with Gasteiger partial charge in [0.1, 0.15) is 0 Å². The lowest BCUT2D eigenvalue weighted by Crippen LogP contribution is -2.48. The maximum atomic E-state index is 12.1. The first-order chi connectivity index (χ1) is 10.4. The zero-order chi connectivity index (χ0) is 16.3. The van der Waals surface area contributed by atoms with E-state index in [-0.39, 0.29) is 28.1 Å². The van der Waals surface area contributed by atoms with Gasteiger partial charge in [-0.25, -0.2) is 0 Å². The molecule has 1 aromatic carbocycles. The molecule has 0 unspecified atom stereocenters. The largest absolute Gasteiger partial charge is 0.475 e. The normalized spacial score (nSPS) is 17.5. The van der Waals surface area contributed by atoms with E-state index in [2.05, 4.69) is 5.32 Å². The van der Waals surface area contributed by atoms with Gasteiger partial charge in [-0.15, -0.1) is 0 Å². The van der Waals surface area contributed by atoms with Crippen molar-refractivity contribution in [2.45, 2.75) is 18.8 Å². The Morgan fingerprint density at radius 2 is 1.95 bits per heavy atom. The smallest absolute Gasteiger partial charge is 0.426 e. The van der Waals surface area contributed by atoms with E-state index in [4.69, 9.17) is 23.2 Å². The molecule has 2 amide bonds. The van der Waals surface area contributed by atoms with Gasteiger partial charge in [-0.3, -0.25) is 9.59 Å². The van der Waals surface area contributed by atoms with E-state index in [1.54, 1.807) is 6.07 Å². The van der Waals surface area contributed by atoms with Crippen molar-refractivity contribution in [3.63, 3.8) is 0 Å². The number of benzene rings is 1. The summed E-state index contributed by atoms with van der Waals surface area (Å²) in [6.07, 6.45) is 1.21. The van der Waals surface area contributed by atoms with Crippen LogP contribution in [0.5, 0.6) is 0 Å². The number of nitrogens with zero attached hydrogens (tertiary/aromatic N) is 1. The average molecular weight is 345 g/mol. The minimum absolute atomic E-state index is 0.110. The lowest BCUT2D eigenvalue weighted by molar-refractivity contribution is -0.130. The van der Waals surface area contributed by atoms with Crippen molar-refractivity contribution in [1.82, 2.24) is 10.2 Å². The van der Waals surface area contributed by atoms with Crippen LogP contribution in [0.25, 0.3) is 0 Å². The summed E-state index contributed by atoms with van der Waals surface area (Å²) < 4.78 is 0. The summed E-state index contributed by atoms with van der Waals surface area (Å²) in [4.78, 5) is 25.5. The Balaban J connectivity index is 1.98. The van der Waals surface area contributed by atoms with Gasteiger partial charge in [0.05, 0.1) is 28.1 Å². The van der Waals surface area contributed by atoms with Gasteiger partial charge in [0.2, 0.25) is 5.91 Å². The van der Waals surface area contributed by atoms with Crippen molar-refractivity contribution < 1.29 is 19.6 Å². The summed E-state index contributed by atoms with van der Waals surface area (Å²) >= 11 is 11.8. The lowest BCUT2D eigenvalue weighted by atomic mass is 9.78. The molecule has 9 heteroatoms. The Labute approximate surface area is 138 Å². The van der Waals surface area contributed by atoms with E-state index in [0.29, 0.717) is 19.4 Å². The highest BCUT2D eigenvalue weighted by atomic mass is 35.5. The van der Waals surface area contributed by atoms with Gasteiger partial charge in [-0.05, 0) is 25.0 Å². The number of carbonyl (C=O) groups excluding carboxylic acids is 2. The molecule has 0 radical (unpaired) electrons. The topological polar surface area (TPSA) is 89.9 Å². The number of rotatable bonds is 4. The lowest BCUT2D eigenvalue weighted by Gasteiger charge is -2.24. The molecule has 0 bridgehead atoms. The maximum Gasteiger partial charge on any atom is 0.475 e. The van der Waals surface area contributed by atoms with Crippen molar-refractivity contribution in [2.24, 2.45) is 0 Å². The molecular formula is C13H15BCl2N2O4. The molecule has 0 saturated carbocycles. The Kier molecular flexibility index (Phi) is 5.69. The molecule has 6 nitrogen and oxygen atoms in total. The highest BCUT2D eigenvalue weighted by Crippen LogP contribution is 2.24. The first kappa shape index (κ1) is 17.1. The predicted octanol–water partition coefficient (Wildman–Crippen LogP) is 0.726. The van der Waals surface area contributed by atoms with Gasteiger partial charge in [0, 0.05) is 6.54 Å². The summed E-state index contributed by atoms with van der Waals surface area (Å²) in [5, 5.41) is 21.3. The van der Waals surface area contributed by atoms with Crippen LogP contribution in [0.15, 0.2) is 18.2 Å². The van der Waals surface area contributed by atoms with E-state index in [1.165, 1.54) is 17.0 Å². The van der Waals surface area contributed by atoms with E-state index < -0.39 is 19.0 Å². The molecule has 1 heterocycles. The van der Waals surface area contributed by atoms with Crippen molar-refractivity contribution in [3.05, 3.63) is 33.8 Å². The summed E-state index contributed by atoms with van der Waals surface area (Å²) in [6, 6.07) is 4.68. The zero-order valence-electron chi connectivity index (χ0n) is 11.6. The molecule has 1 aliphatic heterocycles. The van der Waals surface area contributed by atoms with Gasteiger partial charge in [-0.2, -0.15) is 0 Å². The second kappa shape index (κ2) is 7.33. The number of amides is 2. The standard InChI is InChI=1S/C13H15BCl2N2O4/c15-8-3-1-4-9(16)12(8)13(20)17-7-11(19)18-6-2-5-10(18)14(21)22/h1,3-4,10,21-22H,2,5-7H2,(H,17,20)/t10-/m0/s1. The maximum absolute atomic E-state index is 12.1. The fourth-order valence-electron chi connectivity index (χ4n) is 2.47. The molecule has 1 atom stereocenters. The molecule has 0 aliphatic carbocycles. The van der Waals surface area contributed by atoms with Crippen LogP contribution in [0, 0.1) is 0 Å². The van der Waals surface area contributed by atoms with Crippen molar-refractivity contribution in [3.8, 4) is 0 Å². The van der Waals surface area contributed by atoms with E-state index in [1.807, 2.05) is 0 Å². The van der Waals surface area contributed by atoms with Crippen LogP contribution < -0.4 is 5.32 Å². The number of hydrogen-bond donors (Lipinski definition) is 3. The molecule has 1 aliphatic rings. The van der Waals surface area contributed by atoms with Crippen LogP contribution in [-0.2, 0) is 4.79 Å². The summed E-state index contributed by atoms with van der Waals surface area (Å²) in [5.41, 5.74) is 0.110. The van der Waals surface area contributed by atoms with Crippen LogP contribution in [-0.4, -0.2) is 52.9 Å². The quantitative estimate of drug-likeness (QED) is 0.702. The van der Waals surface area contributed by atoms with Gasteiger partial charge in [0.25, 0.3) is 5.91 Å².